The van der Waals surface area contributed by atoms with Crippen LogP contribution in [0.3, 0.4) is 0 Å². The molecule has 4 heteroatoms. The lowest BCUT2D eigenvalue weighted by Crippen LogP contribution is -2.30. The molecule has 0 aliphatic rings. The van der Waals surface area contributed by atoms with E-state index in [1.165, 1.54) is 0 Å². The van der Waals surface area contributed by atoms with E-state index in [1.807, 2.05) is 45.0 Å². The fraction of sp³-hybridized carbons (Fsp3) is 0.278. The van der Waals surface area contributed by atoms with E-state index in [0.717, 1.165) is 22.4 Å². The molecule has 0 fully saturated rings. The average molecular weight is 318 g/mol. The molecule has 1 atom stereocenters. The Hall–Kier alpha value is -2.00. The van der Waals surface area contributed by atoms with Crippen LogP contribution in [0.5, 0.6) is 5.75 Å². The van der Waals surface area contributed by atoms with Gasteiger partial charge >= 0.3 is 0 Å². The van der Waals surface area contributed by atoms with E-state index in [1.54, 1.807) is 19.1 Å². The van der Waals surface area contributed by atoms with E-state index < -0.39 is 6.10 Å². The van der Waals surface area contributed by atoms with Gasteiger partial charge in [-0.25, -0.2) is 0 Å². The van der Waals surface area contributed by atoms with Crippen LogP contribution in [0.15, 0.2) is 36.4 Å². The minimum atomic E-state index is -0.597. The molecule has 1 amide bonds. The molecule has 0 aliphatic carbocycles. The van der Waals surface area contributed by atoms with Crippen LogP contribution in [-0.4, -0.2) is 12.0 Å². The molecular formula is C18H20ClNO2. The second-order valence-electron chi connectivity index (χ2n) is 5.43. The third-order valence-electron chi connectivity index (χ3n) is 3.53. The standard InChI is InChI=1S/C18H20ClNO2/c1-11-8-9-17(12(2)10-11)22-14(4)18(21)20-16-7-5-6-15(19)13(16)3/h5-10,14H,1-4H3,(H,20,21)/t14-/m1/s1. The van der Waals surface area contributed by atoms with Gasteiger partial charge in [0.05, 0.1) is 0 Å². The maximum absolute atomic E-state index is 12.3. The summed E-state index contributed by atoms with van der Waals surface area (Å²) in [6.07, 6.45) is -0.597. The van der Waals surface area contributed by atoms with Crippen LogP contribution in [0, 0.1) is 20.8 Å². The predicted molar refractivity (Wildman–Crippen MR) is 90.8 cm³/mol. The highest BCUT2D eigenvalue weighted by Gasteiger charge is 2.17. The number of carbonyl (C=O) groups is 1. The molecule has 0 aliphatic heterocycles. The first-order valence-corrected chi connectivity index (χ1v) is 7.56. The van der Waals surface area contributed by atoms with Crippen LogP contribution in [-0.2, 0) is 4.79 Å². The Morgan fingerprint density at radius 3 is 2.59 bits per heavy atom. The minimum Gasteiger partial charge on any atom is -0.481 e. The summed E-state index contributed by atoms with van der Waals surface area (Å²) in [4.78, 5) is 12.3. The molecule has 1 N–H and O–H groups in total. The smallest absolute Gasteiger partial charge is 0.265 e. The van der Waals surface area contributed by atoms with Gasteiger partial charge in [-0.3, -0.25) is 4.79 Å². The zero-order valence-corrected chi connectivity index (χ0v) is 14.0. The van der Waals surface area contributed by atoms with Crippen LogP contribution in [0.1, 0.15) is 23.6 Å². The number of halogens is 1. The number of amides is 1. The van der Waals surface area contributed by atoms with E-state index in [0.29, 0.717) is 10.7 Å². The summed E-state index contributed by atoms with van der Waals surface area (Å²) >= 11 is 6.06. The Morgan fingerprint density at radius 2 is 1.91 bits per heavy atom. The molecule has 2 aromatic carbocycles. The molecule has 2 rings (SSSR count). The molecule has 0 spiro atoms. The zero-order chi connectivity index (χ0) is 16.3. The van der Waals surface area contributed by atoms with E-state index in [9.17, 15) is 4.79 Å². The fourth-order valence-corrected chi connectivity index (χ4v) is 2.33. The number of hydrogen-bond donors (Lipinski definition) is 1. The Labute approximate surface area is 136 Å². The van der Waals surface area contributed by atoms with Crippen LogP contribution >= 0.6 is 11.6 Å². The van der Waals surface area contributed by atoms with Crippen molar-refractivity contribution in [2.24, 2.45) is 0 Å². The quantitative estimate of drug-likeness (QED) is 0.889. The number of carbonyl (C=O) groups excluding carboxylic acids is 1. The van der Waals surface area contributed by atoms with Crippen LogP contribution < -0.4 is 10.1 Å². The maximum atomic E-state index is 12.3. The summed E-state index contributed by atoms with van der Waals surface area (Å²) < 4.78 is 5.76. The number of benzene rings is 2. The van der Waals surface area contributed by atoms with Crippen molar-refractivity contribution in [1.82, 2.24) is 0 Å². The van der Waals surface area contributed by atoms with Crippen molar-refractivity contribution in [3.8, 4) is 5.75 Å². The first kappa shape index (κ1) is 16.4. The Balaban J connectivity index is 2.07. The summed E-state index contributed by atoms with van der Waals surface area (Å²) in [7, 11) is 0. The van der Waals surface area contributed by atoms with Crippen LogP contribution in [0.2, 0.25) is 5.02 Å². The first-order valence-electron chi connectivity index (χ1n) is 7.18. The van der Waals surface area contributed by atoms with E-state index >= 15 is 0 Å². The summed E-state index contributed by atoms with van der Waals surface area (Å²) in [5.74, 6) is 0.515. The molecule has 0 heterocycles. The van der Waals surface area contributed by atoms with Crippen molar-refractivity contribution in [2.45, 2.75) is 33.8 Å². The van der Waals surface area contributed by atoms with Gasteiger partial charge in [-0.15, -0.1) is 0 Å². The molecule has 116 valence electrons. The summed E-state index contributed by atoms with van der Waals surface area (Å²) in [5.41, 5.74) is 3.72. The number of nitrogens with one attached hydrogen (secondary N) is 1. The highest BCUT2D eigenvalue weighted by atomic mass is 35.5. The Kier molecular flexibility index (Phi) is 5.09. The number of anilines is 1. The molecular weight excluding hydrogens is 298 g/mol. The number of rotatable bonds is 4. The van der Waals surface area contributed by atoms with Crippen molar-refractivity contribution in [3.05, 3.63) is 58.1 Å². The molecule has 0 saturated carbocycles. The second kappa shape index (κ2) is 6.84. The van der Waals surface area contributed by atoms with E-state index in [-0.39, 0.29) is 5.91 Å². The van der Waals surface area contributed by atoms with Gasteiger partial charge in [0.2, 0.25) is 0 Å². The predicted octanol–water partition coefficient (Wildman–Crippen LogP) is 4.67. The normalized spacial score (nSPS) is 11.9. The van der Waals surface area contributed by atoms with Gasteiger partial charge in [0.1, 0.15) is 5.75 Å². The van der Waals surface area contributed by atoms with Gasteiger partial charge < -0.3 is 10.1 Å². The molecule has 0 radical (unpaired) electrons. The van der Waals surface area contributed by atoms with Gasteiger partial charge in [-0.1, -0.05) is 35.4 Å². The largest absolute Gasteiger partial charge is 0.481 e. The summed E-state index contributed by atoms with van der Waals surface area (Å²) in [6.45, 7) is 7.59. The van der Waals surface area contributed by atoms with Crippen molar-refractivity contribution < 1.29 is 9.53 Å². The first-order chi connectivity index (χ1) is 10.4. The second-order valence-corrected chi connectivity index (χ2v) is 5.84. The number of aryl methyl sites for hydroxylation is 2. The molecule has 3 nitrogen and oxygen atoms in total. The lowest BCUT2D eigenvalue weighted by molar-refractivity contribution is -0.122. The van der Waals surface area contributed by atoms with Gasteiger partial charge in [0, 0.05) is 10.7 Å². The molecule has 2 aromatic rings. The average Bonchev–Trinajstić information content (AvgIpc) is 2.46. The highest BCUT2D eigenvalue weighted by Crippen LogP contribution is 2.24. The van der Waals surface area contributed by atoms with Crippen LogP contribution in [0.25, 0.3) is 0 Å². The fourth-order valence-electron chi connectivity index (χ4n) is 2.15. The topological polar surface area (TPSA) is 38.3 Å². The van der Waals surface area contributed by atoms with Gasteiger partial charge in [0.15, 0.2) is 6.10 Å². The highest BCUT2D eigenvalue weighted by molar-refractivity contribution is 6.31. The lowest BCUT2D eigenvalue weighted by atomic mass is 10.1. The monoisotopic (exact) mass is 317 g/mol. The zero-order valence-electron chi connectivity index (χ0n) is 13.2. The number of ether oxygens (including phenoxy) is 1. The lowest BCUT2D eigenvalue weighted by Gasteiger charge is -2.17. The van der Waals surface area contributed by atoms with E-state index in [2.05, 4.69) is 5.32 Å². The third-order valence-corrected chi connectivity index (χ3v) is 3.94. The Bertz CT molecular complexity index is 697. The van der Waals surface area contributed by atoms with E-state index in [4.69, 9.17) is 16.3 Å². The molecule has 0 bridgehead atoms. The van der Waals surface area contributed by atoms with Gasteiger partial charge in [0.25, 0.3) is 5.91 Å². The summed E-state index contributed by atoms with van der Waals surface area (Å²) in [6, 6.07) is 11.3. The maximum Gasteiger partial charge on any atom is 0.265 e. The molecule has 0 unspecified atom stereocenters. The molecule has 0 saturated heterocycles. The van der Waals surface area contributed by atoms with Crippen molar-refractivity contribution in [2.75, 3.05) is 5.32 Å². The van der Waals surface area contributed by atoms with Crippen molar-refractivity contribution in [3.63, 3.8) is 0 Å². The number of hydrogen-bond acceptors (Lipinski definition) is 2. The Morgan fingerprint density at radius 1 is 1.18 bits per heavy atom. The third kappa shape index (κ3) is 3.80. The van der Waals surface area contributed by atoms with Crippen LogP contribution in [0.4, 0.5) is 5.69 Å². The SMILES string of the molecule is Cc1ccc(O[C@H](C)C(=O)Nc2cccc(Cl)c2C)c(C)c1. The van der Waals surface area contributed by atoms with Crippen molar-refractivity contribution >= 4 is 23.2 Å². The minimum absolute atomic E-state index is 0.203. The molecule has 22 heavy (non-hydrogen) atoms. The van der Waals surface area contributed by atoms with Gasteiger partial charge in [-0.05, 0) is 57.0 Å². The summed E-state index contributed by atoms with van der Waals surface area (Å²) in [5, 5.41) is 3.48. The molecule has 0 aromatic heterocycles. The van der Waals surface area contributed by atoms with Crippen molar-refractivity contribution in [1.29, 1.82) is 0 Å². The van der Waals surface area contributed by atoms with Gasteiger partial charge in [-0.2, -0.15) is 0 Å².